The van der Waals surface area contributed by atoms with E-state index in [4.69, 9.17) is 4.74 Å². The maximum absolute atomic E-state index is 12.9. The van der Waals surface area contributed by atoms with Crippen LogP contribution in [0.1, 0.15) is 24.5 Å². The minimum atomic E-state index is -0.816. The second kappa shape index (κ2) is 7.87. The third kappa shape index (κ3) is 3.83. The first kappa shape index (κ1) is 19.0. The highest BCUT2D eigenvalue weighted by Gasteiger charge is 2.37. The predicted molar refractivity (Wildman–Crippen MR) is 103 cm³/mol. The van der Waals surface area contributed by atoms with Crippen molar-refractivity contribution in [3.05, 3.63) is 65.2 Å². The van der Waals surface area contributed by atoms with Crippen molar-refractivity contribution in [2.45, 2.75) is 20.3 Å². The molecule has 7 heteroatoms. The van der Waals surface area contributed by atoms with Crippen LogP contribution in [0.25, 0.3) is 6.08 Å². The Bertz CT molecular complexity index is 1010. The van der Waals surface area contributed by atoms with Crippen molar-refractivity contribution in [1.29, 1.82) is 0 Å². The standard InChI is InChI=1S/C21H18N2O5/c1-3-18(24)28-17-10-5-4-8-14(17)12-16-19(25)22-21(27)23(20(16)26)15-9-6-7-13(2)11-15/h4-12H,3H2,1-2H3,(H,22,25,27)/b16-12-. The number of nitrogens with one attached hydrogen (secondary N) is 1. The molecule has 0 aromatic heterocycles. The van der Waals surface area contributed by atoms with E-state index in [1.165, 1.54) is 6.08 Å². The lowest BCUT2D eigenvalue weighted by molar-refractivity contribution is -0.134. The van der Waals surface area contributed by atoms with E-state index in [1.807, 2.05) is 13.0 Å². The molecular weight excluding hydrogens is 360 g/mol. The zero-order chi connectivity index (χ0) is 20.3. The summed E-state index contributed by atoms with van der Waals surface area (Å²) < 4.78 is 5.25. The molecule has 1 aliphatic heterocycles. The molecule has 4 amide bonds. The zero-order valence-electron chi connectivity index (χ0n) is 15.4. The van der Waals surface area contributed by atoms with Gasteiger partial charge in [0.05, 0.1) is 5.69 Å². The minimum absolute atomic E-state index is 0.181. The number of carbonyl (C=O) groups is 4. The van der Waals surface area contributed by atoms with Gasteiger partial charge in [-0.25, -0.2) is 9.69 Å². The van der Waals surface area contributed by atoms with Crippen molar-refractivity contribution in [2.75, 3.05) is 4.90 Å². The number of urea groups is 1. The van der Waals surface area contributed by atoms with E-state index >= 15 is 0 Å². The lowest BCUT2D eigenvalue weighted by Crippen LogP contribution is -2.54. The van der Waals surface area contributed by atoms with Gasteiger partial charge in [0.2, 0.25) is 0 Å². The van der Waals surface area contributed by atoms with E-state index in [0.29, 0.717) is 11.3 Å². The lowest BCUT2D eigenvalue weighted by atomic mass is 10.1. The van der Waals surface area contributed by atoms with Gasteiger partial charge in [-0.3, -0.25) is 19.7 Å². The summed E-state index contributed by atoms with van der Waals surface area (Å²) in [7, 11) is 0. The molecule has 0 bridgehead atoms. The van der Waals surface area contributed by atoms with Crippen LogP contribution in [0.3, 0.4) is 0 Å². The van der Waals surface area contributed by atoms with Gasteiger partial charge in [0, 0.05) is 12.0 Å². The number of imide groups is 2. The van der Waals surface area contributed by atoms with Crippen LogP contribution >= 0.6 is 0 Å². The Morgan fingerprint density at radius 1 is 1.11 bits per heavy atom. The first-order valence-corrected chi connectivity index (χ1v) is 8.68. The molecule has 0 radical (unpaired) electrons. The van der Waals surface area contributed by atoms with Crippen molar-refractivity contribution in [3.63, 3.8) is 0 Å². The maximum atomic E-state index is 12.9. The lowest BCUT2D eigenvalue weighted by Gasteiger charge is -2.26. The summed E-state index contributed by atoms with van der Waals surface area (Å²) in [6.07, 6.45) is 1.49. The van der Waals surface area contributed by atoms with Gasteiger partial charge in [-0.2, -0.15) is 0 Å². The molecule has 0 atom stereocenters. The number of carbonyl (C=O) groups excluding carboxylic acids is 4. The molecular formula is C21H18N2O5. The molecule has 0 unspecified atom stereocenters. The van der Waals surface area contributed by atoms with Gasteiger partial charge in [0.1, 0.15) is 11.3 Å². The van der Waals surface area contributed by atoms with Crippen molar-refractivity contribution in [3.8, 4) is 5.75 Å². The summed E-state index contributed by atoms with van der Waals surface area (Å²) in [5.74, 6) is -1.78. The molecule has 1 N–H and O–H groups in total. The fourth-order valence-electron chi connectivity index (χ4n) is 2.70. The number of para-hydroxylation sites is 1. The maximum Gasteiger partial charge on any atom is 0.335 e. The quantitative estimate of drug-likeness (QED) is 0.382. The summed E-state index contributed by atoms with van der Waals surface area (Å²) in [4.78, 5) is 50.0. The summed E-state index contributed by atoms with van der Waals surface area (Å²) in [6, 6.07) is 12.5. The van der Waals surface area contributed by atoms with Crippen LogP contribution in [0.4, 0.5) is 10.5 Å². The van der Waals surface area contributed by atoms with Crippen LogP contribution in [0.2, 0.25) is 0 Å². The van der Waals surface area contributed by atoms with E-state index in [2.05, 4.69) is 5.32 Å². The number of barbiturate groups is 1. The Kier molecular flexibility index (Phi) is 5.35. The first-order valence-electron chi connectivity index (χ1n) is 8.68. The van der Waals surface area contributed by atoms with Crippen molar-refractivity contribution >= 4 is 35.6 Å². The van der Waals surface area contributed by atoms with E-state index in [0.717, 1.165) is 10.5 Å². The molecule has 2 aromatic carbocycles. The number of hydrogen-bond donors (Lipinski definition) is 1. The Balaban J connectivity index is 2.02. The zero-order valence-corrected chi connectivity index (χ0v) is 15.4. The minimum Gasteiger partial charge on any atom is -0.426 e. The van der Waals surface area contributed by atoms with E-state index < -0.39 is 23.8 Å². The van der Waals surface area contributed by atoms with Gasteiger partial charge in [-0.15, -0.1) is 0 Å². The molecule has 28 heavy (non-hydrogen) atoms. The third-order valence-corrected chi connectivity index (χ3v) is 4.09. The Labute approximate surface area is 161 Å². The van der Waals surface area contributed by atoms with Gasteiger partial charge in [0.15, 0.2) is 0 Å². The Morgan fingerprint density at radius 2 is 1.86 bits per heavy atom. The van der Waals surface area contributed by atoms with Crippen LogP contribution < -0.4 is 15.0 Å². The summed E-state index contributed by atoms with van der Waals surface area (Å²) in [5, 5.41) is 2.17. The summed E-state index contributed by atoms with van der Waals surface area (Å²) in [6.45, 7) is 3.49. The molecule has 0 aliphatic carbocycles. The number of nitrogens with zero attached hydrogens (tertiary/aromatic N) is 1. The predicted octanol–water partition coefficient (Wildman–Crippen LogP) is 2.98. The molecule has 142 valence electrons. The second-order valence-electron chi connectivity index (χ2n) is 6.16. The number of benzene rings is 2. The van der Waals surface area contributed by atoms with Gasteiger partial charge in [0.25, 0.3) is 11.8 Å². The van der Waals surface area contributed by atoms with Crippen LogP contribution in [0, 0.1) is 6.92 Å². The molecule has 1 aliphatic rings. The number of esters is 1. The molecule has 7 nitrogen and oxygen atoms in total. The number of rotatable bonds is 4. The third-order valence-electron chi connectivity index (χ3n) is 4.09. The highest BCUT2D eigenvalue weighted by Crippen LogP contribution is 2.26. The second-order valence-corrected chi connectivity index (χ2v) is 6.16. The Hall–Kier alpha value is -3.74. The smallest absolute Gasteiger partial charge is 0.335 e. The monoisotopic (exact) mass is 378 g/mol. The molecule has 0 spiro atoms. The number of ether oxygens (including phenoxy) is 1. The van der Waals surface area contributed by atoms with Gasteiger partial charge in [-0.1, -0.05) is 37.3 Å². The van der Waals surface area contributed by atoms with Crippen molar-refractivity contribution in [2.24, 2.45) is 0 Å². The van der Waals surface area contributed by atoms with Crippen LogP contribution in [-0.2, 0) is 14.4 Å². The van der Waals surface area contributed by atoms with Crippen LogP contribution in [0.15, 0.2) is 54.1 Å². The highest BCUT2D eigenvalue weighted by atomic mass is 16.5. The highest BCUT2D eigenvalue weighted by molar-refractivity contribution is 6.39. The first-order chi connectivity index (χ1) is 13.4. The fourth-order valence-corrected chi connectivity index (χ4v) is 2.70. The number of amides is 4. The van der Waals surface area contributed by atoms with Crippen molar-refractivity contribution < 1.29 is 23.9 Å². The summed E-state index contributed by atoms with van der Waals surface area (Å²) in [5.41, 5.74) is 1.35. The van der Waals surface area contributed by atoms with Gasteiger partial charge >= 0.3 is 12.0 Å². The number of hydrogen-bond acceptors (Lipinski definition) is 5. The van der Waals surface area contributed by atoms with Crippen molar-refractivity contribution in [1.82, 2.24) is 5.32 Å². The topological polar surface area (TPSA) is 92.8 Å². The molecule has 0 saturated carbocycles. The number of anilines is 1. The Morgan fingerprint density at radius 3 is 2.57 bits per heavy atom. The van der Waals surface area contributed by atoms with Gasteiger partial charge < -0.3 is 4.74 Å². The number of aryl methyl sites for hydroxylation is 1. The molecule has 1 fully saturated rings. The normalized spacial score (nSPS) is 15.6. The van der Waals surface area contributed by atoms with E-state index in [9.17, 15) is 19.2 Å². The van der Waals surface area contributed by atoms with E-state index in [1.54, 1.807) is 49.4 Å². The van der Waals surface area contributed by atoms with Crippen LogP contribution in [0.5, 0.6) is 5.75 Å². The SMILES string of the molecule is CCC(=O)Oc1ccccc1/C=C1/C(=O)NC(=O)N(c2cccc(C)c2)C1=O. The molecule has 2 aromatic rings. The fraction of sp³-hybridized carbons (Fsp3) is 0.143. The average molecular weight is 378 g/mol. The molecule has 1 saturated heterocycles. The molecule has 3 rings (SSSR count). The van der Waals surface area contributed by atoms with Gasteiger partial charge in [-0.05, 0) is 36.8 Å². The average Bonchev–Trinajstić information content (AvgIpc) is 2.66. The van der Waals surface area contributed by atoms with Crippen LogP contribution in [-0.4, -0.2) is 23.8 Å². The largest absolute Gasteiger partial charge is 0.426 e. The summed E-state index contributed by atoms with van der Waals surface area (Å²) >= 11 is 0. The molecule has 1 heterocycles. The van der Waals surface area contributed by atoms with E-state index in [-0.39, 0.29) is 17.7 Å².